The number of amides is 1. The van der Waals surface area contributed by atoms with E-state index in [4.69, 9.17) is 17.0 Å². The molecule has 29 heavy (non-hydrogen) atoms. The predicted octanol–water partition coefficient (Wildman–Crippen LogP) is 4.49. The Morgan fingerprint density at radius 3 is 2.59 bits per heavy atom. The zero-order valence-electron chi connectivity index (χ0n) is 17.5. The van der Waals surface area contributed by atoms with Crippen molar-refractivity contribution in [2.45, 2.75) is 46.6 Å². The van der Waals surface area contributed by atoms with Gasteiger partial charge < -0.3 is 20.3 Å². The molecule has 0 aromatic heterocycles. The molecule has 0 radical (unpaired) electrons. The summed E-state index contributed by atoms with van der Waals surface area (Å²) in [4.78, 5) is 13.8. The van der Waals surface area contributed by atoms with E-state index >= 15 is 0 Å². The van der Waals surface area contributed by atoms with Crippen LogP contribution in [0.4, 0.5) is 11.4 Å². The minimum atomic E-state index is 0.0548. The number of carbonyl (C=O) groups excluding carboxylic acids is 1. The number of benzene rings is 2. The number of hydrogen-bond acceptors (Lipinski definition) is 3. The second-order valence-electron chi connectivity index (χ2n) is 7.71. The number of ether oxygens (including phenoxy) is 1. The fraction of sp³-hybridized carbons (Fsp3) is 0.391. The van der Waals surface area contributed by atoms with Crippen LogP contribution in [0.2, 0.25) is 0 Å². The van der Waals surface area contributed by atoms with Gasteiger partial charge in [-0.15, -0.1) is 0 Å². The molecule has 154 valence electrons. The minimum absolute atomic E-state index is 0.0548. The number of rotatable bonds is 6. The van der Waals surface area contributed by atoms with E-state index in [1.165, 1.54) is 11.1 Å². The van der Waals surface area contributed by atoms with Gasteiger partial charge in [-0.1, -0.05) is 6.07 Å². The van der Waals surface area contributed by atoms with E-state index < -0.39 is 0 Å². The first-order valence-corrected chi connectivity index (χ1v) is 10.4. The van der Waals surface area contributed by atoms with Crippen molar-refractivity contribution >= 4 is 34.6 Å². The number of nitrogens with one attached hydrogen (secondary N) is 2. The van der Waals surface area contributed by atoms with Crippen molar-refractivity contribution < 1.29 is 9.53 Å². The Morgan fingerprint density at radius 2 is 1.93 bits per heavy atom. The highest BCUT2D eigenvalue weighted by Gasteiger charge is 2.23. The second-order valence-corrected chi connectivity index (χ2v) is 8.12. The predicted molar refractivity (Wildman–Crippen MR) is 123 cm³/mol. The van der Waals surface area contributed by atoms with E-state index in [-0.39, 0.29) is 11.9 Å². The highest BCUT2D eigenvalue weighted by atomic mass is 32.1. The molecule has 0 spiro atoms. The van der Waals surface area contributed by atoms with Crippen LogP contribution in [0, 0.1) is 20.8 Å². The van der Waals surface area contributed by atoms with E-state index in [1.807, 2.05) is 49.1 Å². The lowest BCUT2D eigenvalue weighted by molar-refractivity contribution is -0.117. The first-order chi connectivity index (χ1) is 13.8. The van der Waals surface area contributed by atoms with Crippen LogP contribution in [0.25, 0.3) is 0 Å². The Bertz CT molecular complexity index is 913. The van der Waals surface area contributed by atoms with Crippen molar-refractivity contribution in [3.05, 3.63) is 53.1 Å². The molecule has 2 aromatic carbocycles. The van der Waals surface area contributed by atoms with Crippen LogP contribution in [0.15, 0.2) is 36.4 Å². The SMILES string of the molecule is Cc1ccc(OCC(C)NC(=S)Nc2ccc(N3CCCC3=O)c(C)c2)cc1C. The van der Waals surface area contributed by atoms with Gasteiger partial charge in [0, 0.05) is 24.3 Å². The van der Waals surface area contributed by atoms with Crippen molar-refractivity contribution in [1.29, 1.82) is 0 Å². The molecule has 0 bridgehead atoms. The van der Waals surface area contributed by atoms with Crippen LogP contribution >= 0.6 is 12.2 Å². The molecule has 1 aliphatic heterocycles. The van der Waals surface area contributed by atoms with Crippen LogP contribution in [-0.4, -0.2) is 30.2 Å². The fourth-order valence-electron chi connectivity index (χ4n) is 3.40. The van der Waals surface area contributed by atoms with Gasteiger partial charge in [-0.3, -0.25) is 4.79 Å². The summed E-state index contributed by atoms with van der Waals surface area (Å²) in [6.45, 7) is 9.52. The summed E-state index contributed by atoms with van der Waals surface area (Å²) in [5.41, 5.74) is 5.41. The highest BCUT2D eigenvalue weighted by Crippen LogP contribution is 2.27. The third-order valence-electron chi connectivity index (χ3n) is 5.17. The van der Waals surface area contributed by atoms with E-state index in [0.717, 1.165) is 35.7 Å². The molecular weight excluding hydrogens is 382 g/mol. The van der Waals surface area contributed by atoms with Gasteiger partial charge in [0.25, 0.3) is 0 Å². The topological polar surface area (TPSA) is 53.6 Å². The lowest BCUT2D eigenvalue weighted by atomic mass is 10.1. The van der Waals surface area contributed by atoms with Crippen LogP contribution in [0.1, 0.15) is 36.5 Å². The minimum Gasteiger partial charge on any atom is -0.491 e. The highest BCUT2D eigenvalue weighted by molar-refractivity contribution is 7.80. The Balaban J connectivity index is 1.51. The Kier molecular flexibility index (Phi) is 6.75. The van der Waals surface area contributed by atoms with Gasteiger partial charge in [0.05, 0.1) is 6.04 Å². The molecule has 3 rings (SSSR count). The standard InChI is InChI=1S/C23H29N3O2S/c1-15-7-9-20(13-16(15)2)28-14-18(4)24-23(29)25-19-8-10-21(17(3)12-19)26-11-5-6-22(26)27/h7-10,12-13,18H,5-6,11,14H2,1-4H3,(H2,24,25,29). The maximum atomic E-state index is 12.0. The first-order valence-electron chi connectivity index (χ1n) is 10.0. The summed E-state index contributed by atoms with van der Waals surface area (Å²) in [6.07, 6.45) is 1.56. The summed E-state index contributed by atoms with van der Waals surface area (Å²) in [5, 5.41) is 7.02. The molecule has 0 saturated carbocycles. The molecule has 6 heteroatoms. The number of carbonyl (C=O) groups is 1. The van der Waals surface area contributed by atoms with Gasteiger partial charge in [0.2, 0.25) is 5.91 Å². The van der Waals surface area contributed by atoms with Crippen LogP contribution in [0.5, 0.6) is 5.75 Å². The van der Waals surface area contributed by atoms with Crippen molar-refractivity contribution in [2.75, 3.05) is 23.4 Å². The average Bonchev–Trinajstić information content (AvgIpc) is 3.08. The van der Waals surface area contributed by atoms with E-state index in [1.54, 1.807) is 0 Å². The number of nitrogens with zero attached hydrogens (tertiary/aromatic N) is 1. The molecule has 2 N–H and O–H groups in total. The second kappa shape index (κ2) is 9.27. The molecule has 1 atom stereocenters. The number of hydrogen-bond donors (Lipinski definition) is 2. The number of anilines is 2. The van der Waals surface area contributed by atoms with Crippen LogP contribution in [0.3, 0.4) is 0 Å². The van der Waals surface area contributed by atoms with Crippen LogP contribution < -0.4 is 20.3 Å². The molecule has 1 aliphatic rings. The first kappa shape index (κ1) is 21.1. The molecule has 1 amide bonds. The molecule has 1 heterocycles. The molecule has 1 saturated heterocycles. The smallest absolute Gasteiger partial charge is 0.227 e. The maximum absolute atomic E-state index is 12.0. The third kappa shape index (κ3) is 5.48. The van der Waals surface area contributed by atoms with E-state index in [9.17, 15) is 4.79 Å². The fourth-order valence-corrected chi connectivity index (χ4v) is 3.72. The van der Waals surface area contributed by atoms with Gasteiger partial charge in [0.15, 0.2) is 5.11 Å². The molecule has 1 fully saturated rings. The summed E-state index contributed by atoms with van der Waals surface area (Å²) in [7, 11) is 0. The molecular formula is C23H29N3O2S. The Morgan fingerprint density at radius 1 is 1.14 bits per heavy atom. The van der Waals surface area contributed by atoms with Gasteiger partial charge in [-0.05, 0) is 93.4 Å². The van der Waals surface area contributed by atoms with Crippen molar-refractivity contribution in [1.82, 2.24) is 5.32 Å². The van der Waals surface area contributed by atoms with E-state index in [2.05, 4.69) is 30.5 Å². The zero-order valence-corrected chi connectivity index (χ0v) is 18.4. The monoisotopic (exact) mass is 411 g/mol. The number of thiocarbonyl (C=S) groups is 1. The summed E-state index contributed by atoms with van der Waals surface area (Å²) in [5.74, 6) is 1.06. The molecule has 0 aliphatic carbocycles. The van der Waals surface area contributed by atoms with Gasteiger partial charge in [-0.25, -0.2) is 0 Å². The van der Waals surface area contributed by atoms with Crippen molar-refractivity contribution in [2.24, 2.45) is 0 Å². The Hall–Kier alpha value is -2.60. The van der Waals surface area contributed by atoms with Gasteiger partial charge >= 0.3 is 0 Å². The molecule has 5 nitrogen and oxygen atoms in total. The van der Waals surface area contributed by atoms with Crippen LogP contribution in [-0.2, 0) is 4.79 Å². The normalized spacial score (nSPS) is 14.6. The summed E-state index contributed by atoms with van der Waals surface area (Å²) < 4.78 is 5.87. The zero-order chi connectivity index (χ0) is 21.0. The summed E-state index contributed by atoms with van der Waals surface area (Å²) >= 11 is 5.44. The van der Waals surface area contributed by atoms with Crippen molar-refractivity contribution in [3.8, 4) is 5.75 Å². The quantitative estimate of drug-likeness (QED) is 0.686. The Labute approximate surface area is 178 Å². The number of aryl methyl sites for hydroxylation is 3. The van der Waals surface area contributed by atoms with Gasteiger partial charge in [0.1, 0.15) is 12.4 Å². The molecule has 1 unspecified atom stereocenters. The third-order valence-corrected chi connectivity index (χ3v) is 5.39. The van der Waals surface area contributed by atoms with Crippen molar-refractivity contribution in [3.63, 3.8) is 0 Å². The maximum Gasteiger partial charge on any atom is 0.227 e. The lowest BCUT2D eigenvalue weighted by Crippen LogP contribution is -2.39. The van der Waals surface area contributed by atoms with Gasteiger partial charge in [-0.2, -0.15) is 0 Å². The summed E-state index contributed by atoms with van der Waals surface area (Å²) in [6, 6.07) is 12.1. The molecule has 2 aromatic rings. The van der Waals surface area contributed by atoms with E-state index in [0.29, 0.717) is 18.1 Å². The largest absolute Gasteiger partial charge is 0.491 e. The lowest BCUT2D eigenvalue weighted by Gasteiger charge is -2.20. The average molecular weight is 412 g/mol.